The van der Waals surface area contributed by atoms with Gasteiger partial charge >= 0.3 is 13.9 Å². The molecule has 5 unspecified atom stereocenters. The molecular formula is C15H15FN2O8P+. The van der Waals surface area contributed by atoms with Gasteiger partial charge < -0.3 is 14.9 Å². The van der Waals surface area contributed by atoms with Crippen molar-refractivity contribution in [2.75, 3.05) is 6.61 Å². The van der Waals surface area contributed by atoms with Crippen LogP contribution in [0.15, 0.2) is 52.2 Å². The van der Waals surface area contributed by atoms with E-state index in [9.17, 15) is 28.8 Å². The fraction of sp³-hybridized carbons (Fsp3) is 0.333. The summed E-state index contributed by atoms with van der Waals surface area (Å²) in [6, 6.07) is 8.93. The number of nitrogens with one attached hydrogen (secondary N) is 1. The first-order chi connectivity index (χ1) is 12.8. The Kier molecular flexibility index (Phi) is 5.49. The number of para-hydroxylation sites is 1. The van der Waals surface area contributed by atoms with Crippen LogP contribution < -0.4 is 15.8 Å². The summed E-state index contributed by atoms with van der Waals surface area (Å²) in [6.07, 6.45) is -4.62. The van der Waals surface area contributed by atoms with Gasteiger partial charge in [-0.15, -0.1) is 4.52 Å². The molecule has 0 radical (unpaired) electrons. The summed E-state index contributed by atoms with van der Waals surface area (Å²) in [4.78, 5) is 24.8. The molecule has 3 rings (SSSR count). The molecule has 1 aromatic carbocycles. The van der Waals surface area contributed by atoms with Gasteiger partial charge in [-0.3, -0.25) is 14.3 Å². The first-order valence-corrected chi connectivity index (χ1v) is 8.77. The van der Waals surface area contributed by atoms with Gasteiger partial charge in [-0.05, 0) is 12.1 Å². The van der Waals surface area contributed by atoms with Crippen LogP contribution in [0.5, 0.6) is 5.75 Å². The van der Waals surface area contributed by atoms with E-state index in [1.807, 2.05) is 4.98 Å². The molecule has 3 N–H and O–H groups in total. The van der Waals surface area contributed by atoms with Crippen LogP contribution in [0.3, 0.4) is 0 Å². The van der Waals surface area contributed by atoms with E-state index >= 15 is 0 Å². The summed E-state index contributed by atoms with van der Waals surface area (Å²) in [7, 11) is -2.80. The highest BCUT2D eigenvalue weighted by atomic mass is 31.1. The zero-order chi connectivity index (χ0) is 19.6. The number of rotatable bonds is 6. The minimum atomic E-state index is -2.97. The van der Waals surface area contributed by atoms with Crippen LogP contribution in [0.25, 0.3) is 0 Å². The maximum atomic E-state index is 14.9. The quantitative estimate of drug-likeness (QED) is 0.584. The van der Waals surface area contributed by atoms with Crippen molar-refractivity contribution in [1.29, 1.82) is 0 Å². The van der Waals surface area contributed by atoms with Crippen molar-refractivity contribution >= 4 is 8.25 Å². The minimum Gasteiger partial charge on any atom is -0.385 e. The van der Waals surface area contributed by atoms with Gasteiger partial charge in [0.1, 0.15) is 12.2 Å². The summed E-state index contributed by atoms with van der Waals surface area (Å²) in [5.74, 6) is -2.75. The predicted octanol–water partition coefficient (Wildman–Crippen LogP) is 0.206. The largest absolute Gasteiger partial charge is 0.750 e. The number of halogens is 1. The van der Waals surface area contributed by atoms with E-state index in [1.54, 1.807) is 18.2 Å². The summed E-state index contributed by atoms with van der Waals surface area (Å²) >= 11 is 0. The lowest BCUT2D eigenvalue weighted by molar-refractivity contribution is -0.203. The second-order valence-corrected chi connectivity index (χ2v) is 6.54. The SMILES string of the molecule is O=c1ccn(C2OC(F)(CO[P+](=O)Oc3ccccc3)C(O)C2O)c(=O)[nH]1. The molecule has 0 spiro atoms. The Labute approximate surface area is 151 Å². The van der Waals surface area contributed by atoms with Crippen LogP contribution in [0.1, 0.15) is 6.23 Å². The Morgan fingerprint density at radius 2 is 1.96 bits per heavy atom. The highest BCUT2D eigenvalue weighted by molar-refractivity contribution is 7.33. The number of alkyl halides is 1. The van der Waals surface area contributed by atoms with E-state index in [1.165, 1.54) is 12.1 Å². The molecule has 1 saturated heterocycles. The molecule has 2 aromatic rings. The molecule has 0 saturated carbocycles. The molecule has 12 heteroatoms. The third-order valence-electron chi connectivity index (χ3n) is 3.79. The second-order valence-electron chi connectivity index (χ2n) is 5.65. The van der Waals surface area contributed by atoms with E-state index in [0.717, 1.165) is 12.3 Å². The van der Waals surface area contributed by atoms with Crippen molar-refractivity contribution in [3.05, 3.63) is 63.4 Å². The monoisotopic (exact) mass is 401 g/mol. The molecule has 1 fully saturated rings. The molecule has 0 amide bonds. The molecule has 0 bridgehead atoms. The minimum absolute atomic E-state index is 0.220. The number of benzene rings is 1. The number of hydrogen-bond donors (Lipinski definition) is 3. The lowest BCUT2D eigenvalue weighted by Crippen LogP contribution is -2.42. The average molecular weight is 401 g/mol. The number of aliphatic hydroxyl groups excluding tert-OH is 2. The molecule has 10 nitrogen and oxygen atoms in total. The van der Waals surface area contributed by atoms with Crippen molar-refractivity contribution in [3.63, 3.8) is 0 Å². The summed E-state index contributed by atoms with van der Waals surface area (Å²) in [5.41, 5.74) is -1.67. The average Bonchev–Trinajstić information content (AvgIpc) is 2.86. The Bertz CT molecular complexity index is 935. The molecule has 1 aromatic heterocycles. The molecule has 27 heavy (non-hydrogen) atoms. The predicted molar refractivity (Wildman–Crippen MR) is 87.9 cm³/mol. The van der Waals surface area contributed by atoms with E-state index in [0.29, 0.717) is 4.57 Å². The molecule has 144 valence electrons. The Hall–Kier alpha value is -2.43. The summed E-state index contributed by atoms with van der Waals surface area (Å²) in [5, 5.41) is 20.0. The number of H-pyrrole nitrogens is 1. The molecular weight excluding hydrogens is 386 g/mol. The maximum absolute atomic E-state index is 14.9. The third-order valence-corrected chi connectivity index (χ3v) is 4.49. The maximum Gasteiger partial charge on any atom is 0.750 e. The number of aromatic nitrogens is 2. The van der Waals surface area contributed by atoms with Gasteiger partial charge in [0, 0.05) is 16.8 Å². The Morgan fingerprint density at radius 1 is 1.26 bits per heavy atom. The number of nitrogens with zero attached hydrogens (tertiary/aromatic N) is 1. The van der Waals surface area contributed by atoms with Crippen LogP contribution in [-0.4, -0.2) is 44.4 Å². The molecule has 5 atom stereocenters. The fourth-order valence-corrected chi connectivity index (χ4v) is 3.08. The van der Waals surface area contributed by atoms with Gasteiger partial charge in [0.2, 0.25) is 0 Å². The molecule has 0 aliphatic carbocycles. The molecule has 2 heterocycles. The van der Waals surface area contributed by atoms with E-state index in [4.69, 9.17) is 13.8 Å². The van der Waals surface area contributed by atoms with Gasteiger partial charge in [0.05, 0.1) is 0 Å². The van der Waals surface area contributed by atoms with Crippen molar-refractivity contribution in [2.24, 2.45) is 0 Å². The third kappa shape index (κ3) is 4.12. The van der Waals surface area contributed by atoms with Crippen molar-refractivity contribution in [1.82, 2.24) is 9.55 Å². The smallest absolute Gasteiger partial charge is 0.385 e. The summed E-state index contributed by atoms with van der Waals surface area (Å²) in [6.45, 7) is -1.04. The standard InChI is InChI=1S/C15H14FN2O8P/c16-15(8-24-27(23)26-9-4-2-1-3-5-9)12(21)11(20)13(25-15)18-7-6-10(19)17-14(18)22/h1-7,11-13,20-21H,8H2/p+1. The number of hydrogen-bond acceptors (Lipinski definition) is 8. The van der Waals surface area contributed by atoms with Crippen molar-refractivity contribution in [3.8, 4) is 5.75 Å². The zero-order valence-electron chi connectivity index (χ0n) is 13.6. The van der Waals surface area contributed by atoms with Gasteiger partial charge in [-0.2, -0.15) is 0 Å². The van der Waals surface area contributed by atoms with E-state index in [-0.39, 0.29) is 5.75 Å². The van der Waals surface area contributed by atoms with Crippen LogP contribution in [0.2, 0.25) is 0 Å². The van der Waals surface area contributed by atoms with Crippen LogP contribution in [0, 0.1) is 0 Å². The van der Waals surface area contributed by atoms with Gasteiger partial charge in [-0.1, -0.05) is 18.2 Å². The highest BCUT2D eigenvalue weighted by Gasteiger charge is 2.58. The Morgan fingerprint density at radius 3 is 2.63 bits per heavy atom. The lowest BCUT2D eigenvalue weighted by atomic mass is 10.1. The fourth-order valence-electron chi connectivity index (χ4n) is 2.45. The lowest BCUT2D eigenvalue weighted by Gasteiger charge is -2.19. The van der Waals surface area contributed by atoms with Crippen LogP contribution >= 0.6 is 8.25 Å². The topological polar surface area (TPSA) is 140 Å². The second kappa shape index (κ2) is 7.67. The zero-order valence-corrected chi connectivity index (χ0v) is 14.5. The van der Waals surface area contributed by atoms with Gasteiger partial charge in [0.15, 0.2) is 18.6 Å². The molecule has 1 aliphatic heterocycles. The van der Waals surface area contributed by atoms with Crippen molar-refractivity contribution in [2.45, 2.75) is 24.3 Å². The normalized spacial score (nSPS) is 28.1. The number of aromatic amines is 1. The van der Waals surface area contributed by atoms with E-state index < -0.39 is 50.4 Å². The van der Waals surface area contributed by atoms with Crippen LogP contribution in [-0.2, 0) is 13.8 Å². The first-order valence-electron chi connectivity index (χ1n) is 7.68. The molecule has 1 aliphatic rings. The van der Waals surface area contributed by atoms with E-state index in [2.05, 4.69) is 0 Å². The summed E-state index contributed by atoms with van der Waals surface area (Å²) < 4.78 is 42.0. The van der Waals surface area contributed by atoms with Gasteiger partial charge in [-0.25, -0.2) is 13.7 Å². The first kappa shape index (κ1) is 19.3. The highest BCUT2D eigenvalue weighted by Crippen LogP contribution is 2.40. The number of aliphatic hydroxyl groups is 2. The van der Waals surface area contributed by atoms with Gasteiger partial charge in [0.25, 0.3) is 11.4 Å². The number of ether oxygens (including phenoxy) is 1. The van der Waals surface area contributed by atoms with Crippen molar-refractivity contribution < 1.29 is 33.0 Å². The Balaban J connectivity index is 1.69. The van der Waals surface area contributed by atoms with Crippen LogP contribution in [0.4, 0.5) is 4.39 Å².